The van der Waals surface area contributed by atoms with Crippen LogP contribution in [0, 0.1) is 0 Å². The summed E-state index contributed by atoms with van der Waals surface area (Å²) in [6.07, 6.45) is 4.33. The molecular formula is C15H24N2O2. The molecule has 1 N–H and O–H groups in total. The standard InChI is InChI=1S/C15H24N2O2/c1-3-5-14-7-8-15(19-14)11-17-9-4-6-13(10-17)16-12(2)18/h7-8,13H,3-6,9-11H2,1-2H3,(H,16,18)/t13-/m1/s1. The van der Waals surface area contributed by atoms with E-state index < -0.39 is 0 Å². The molecule has 0 saturated carbocycles. The maximum atomic E-state index is 11.1. The van der Waals surface area contributed by atoms with Crippen LogP contribution in [0.3, 0.4) is 0 Å². The normalized spacial score (nSPS) is 20.4. The fourth-order valence-corrected chi connectivity index (χ4v) is 2.71. The van der Waals surface area contributed by atoms with Gasteiger partial charge in [0.2, 0.25) is 5.91 Å². The van der Waals surface area contributed by atoms with Gasteiger partial charge in [0.05, 0.1) is 6.54 Å². The average Bonchev–Trinajstić information content (AvgIpc) is 2.76. The lowest BCUT2D eigenvalue weighted by Crippen LogP contribution is -2.46. The molecule has 4 nitrogen and oxygen atoms in total. The molecule has 1 aliphatic heterocycles. The molecule has 0 bridgehead atoms. The van der Waals surface area contributed by atoms with Crippen LogP contribution in [0.25, 0.3) is 0 Å². The summed E-state index contributed by atoms with van der Waals surface area (Å²) in [5.41, 5.74) is 0. The van der Waals surface area contributed by atoms with Gasteiger partial charge < -0.3 is 9.73 Å². The summed E-state index contributed by atoms with van der Waals surface area (Å²) in [5, 5.41) is 3.01. The van der Waals surface area contributed by atoms with Crippen molar-refractivity contribution in [1.82, 2.24) is 10.2 Å². The van der Waals surface area contributed by atoms with E-state index in [1.54, 1.807) is 6.92 Å². The summed E-state index contributed by atoms with van der Waals surface area (Å²) in [6, 6.07) is 4.44. The minimum absolute atomic E-state index is 0.0649. The molecule has 0 unspecified atom stereocenters. The van der Waals surface area contributed by atoms with Crippen molar-refractivity contribution in [2.45, 2.75) is 52.1 Å². The van der Waals surface area contributed by atoms with Gasteiger partial charge in [-0.2, -0.15) is 0 Å². The number of carbonyl (C=O) groups excluding carboxylic acids is 1. The van der Waals surface area contributed by atoms with Gasteiger partial charge in [-0.15, -0.1) is 0 Å². The molecule has 0 radical (unpaired) electrons. The summed E-state index contributed by atoms with van der Waals surface area (Å²) >= 11 is 0. The molecule has 19 heavy (non-hydrogen) atoms. The van der Waals surface area contributed by atoms with Gasteiger partial charge in [-0.1, -0.05) is 6.92 Å². The summed E-state index contributed by atoms with van der Waals surface area (Å²) in [7, 11) is 0. The monoisotopic (exact) mass is 264 g/mol. The number of aryl methyl sites for hydroxylation is 1. The molecule has 1 atom stereocenters. The Balaban J connectivity index is 1.85. The van der Waals surface area contributed by atoms with E-state index in [1.165, 1.54) is 0 Å². The molecule has 1 amide bonds. The summed E-state index contributed by atoms with van der Waals surface area (Å²) in [5.74, 6) is 2.18. The quantitative estimate of drug-likeness (QED) is 0.888. The van der Waals surface area contributed by atoms with E-state index in [0.717, 1.165) is 56.8 Å². The Bertz CT molecular complexity index is 414. The first kappa shape index (κ1) is 14.1. The molecule has 0 spiro atoms. The van der Waals surface area contributed by atoms with Crippen molar-refractivity contribution in [3.05, 3.63) is 23.7 Å². The molecule has 1 aliphatic rings. The fraction of sp³-hybridized carbons (Fsp3) is 0.667. The number of furan rings is 1. The Morgan fingerprint density at radius 2 is 2.26 bits per heavy atom. The van der Waals surface area contributed by atoms with Crippen LogP contribution in [-0.4, -0.2) is 29.9 Å². The fourth-order valence-electron chi connectivity index (χ4n) is 2.71. The topological polar surface area (TPSA) is 45.5 Å². The smallest absolute Gasteiger partial charge is 0.217 e. The van der Waals surface area contributed by atoms with Crippen molar-refractivity contribution in [2.24, 2.45) is 0 Å². The van der Waals surface area contributed by atoms with Crippen LogP contribution in [0.2, 0.25) is 0 Å². The molecule has 2 heterocycles. The van der Waals surface area contributed by atoms with Gasteiger partial charge in [0.1, 0.15) is 11.5 Å². The maximum absolute atomic E-state index is 11.1. The van der Waals surface area contributed by atoms with Gasteiger partial charge in [-0.3, -0.25) is 9.69 Å². The first-order valence-electron chi connectivity index (χ1n) is 7.24. The Morgan fingerprint density at radius 3 is 3.00 bits per heavy atom. The zero-order valence-corrected chi connectivity index (χ0v) is 11.9. The zero-order valence-electron chi connectivity index (χ0n) is 11.9. The van der Waals surface area contributed by atoms with Crippen LogP contribution in [0.15, 0.2) is 16.5 Å². The number of hydrogen-bond donors (Lipinski definition) is 1. The van der Waals surface area contributed by atoms with E-state index in [1.807, 2.05) is 0 Å². The van der Waals surface area contributed by atoms with Crippen molar-refractivity contribution in [3.63, 3.8) is 0 Å². The molecule has 2 rings (SSSR count). The molecule has 0 aromatic carbocycles. The zero-order chi connectivity index (χ0) is 13.7. The van der Waals surface area contributed by atoms with Gasteiger partial charge in [0.15, 0.2) is 0 Å². The maximum Gasteiger partial charge on any atom is 0.217 e. The minimum atomic E-state index is 0.0649. The lowest BCUT2D eigenvalue weighted by molar-refractivity contribution is -0.120. The number of hydrogen-bond acceptors (Lipinski definition) is 3. The molecule has 4 heteroatoms. The SMILES string of the molecule is CCCc1ccc(CN2CCC[C@@H](NC(C)=O)C2)o1. The van der Waals surface area contributed by atoms with E-state index in [4.69, 9.17) is 4.42 Å². The second-order valence-electron chi connectivity index (χ2n) is 5.39. The lowest BCUT2D eigenvalue weighted by Gasteiger charge is -2.32. The predicted octanol–water partition coefficient (Wildman–Crippen LogP) is 2.33. The van der Waals surface area contributed by atoms with E-state index in [9.17, 15) is 4.79 Å². The molecule has 1 aromatic rings. The van der Waals surface area contributed by atoms with Gasteiger partial charge in [-0.25, -0.2) is 0 Å². The number of rotatable bonds is 5. The van der Waals surface area contributed by atoms with Crippen molar-refractivity contribution in [2.75, 3.05) is 13.1 Å². The van der Waals surface area contributed by atoms with E-state index >= 15 is 0 Å². The second-order valence-corrected chi connectivity index (χ2v) is 5.39. The van der Waals surface area contributed by atoms with Crippen molar-refractivity contribution in [3.8, 4) is 0 Å². The Hall–Kier alpha value is -1.29. The van der Waals surface area contributed by atoms with Crippen LogP contribution in [0.4, 0.5) is 0 Å². The number of nitrogens with one attached hydrogen (secondary N) is 1. The van der Waals surface area contributed by atoms with Gasteiger partial charge in [0, 0.05) is 25.9 Å². The van der Waals surface area contributed by atoms with Gasteiger partial charge in [0.25, 0.3) is 0 Å². The third kappa shape index (κ3) is 4.39. The molecule has 0 aliphatic carbocycles. The number of amides is 1. The first-order valence-corrected chi connectivity index (χ1v) is 7.24. The van der Waals surface area contributed by atoms with E-state index in [2.05, 4.69) is 29.3 Å². The Kier molecular flexibility index (Phi) is 5.02. The summed E-state index contributed by atoms with van der Waals surface area (Å²) in [6.45, 7) is 6.59. The van der Waals surface area contributed by atoms with Crippen molar-refractivity contribution in [1.29, 1.82) is 0 Å². The number of piperidine rings is 1. The van der Waals surface area contributed by atoms with Gasteiger partial charge in [-0.05, 0) is 37.9 Å². The van der Waals surface area contributed by atoms with Crippen molar-refractivity contribution < 1.29 is 9.21 Å². The Morgan fingerprint density at radius 1 is 1.47 bits per heavy atom. The molecule has 1 fully saturated rings. The predicted molar refractivity (Wildman–Crippen MR) is 74.8 cm³/mol. The number of carbonyl (C=O) groups is 1. The van der Waals surface area contributed by atoms with Crippen LogP contribution < -0.4 is 5.32 Å². The third-order valence-corrected chi connectivity index (χ3v) is 3.51. The van der Waals surface area contributed by atoms with Crippen LogP contribution in [0.1, 0.15) is 44.6 Å². The highest BCUT2D eigenvalue weighted by Gasteiger charge is 2.21. The third-order valence-electron chi connectivity index (χ3n) is 3.51. The second kappa shape index (κ2) is 6.75. The van der Waals surface area contributed by atoms with E-state index in [0.29, 0.717) is 0 Å². The van der Waals surface area contributed by atoms with Crippen molar-refractivity contribution >= 4 is 5.91 Å². The largest absolute Gasteiger partial charge is 0.465 e. The van der Waals surface area contributed by atoms with Crippen LogP contribution in [0.5, 0.6) is 0 Å². The van der Waals surface area contributed by atoms with Crippen LogP contribution in [-0.2, 0) is 17.8 Å². The molecule has 1 aromatic heterocycles. The summed E-state index contributed by atoms with van der Waals surface area (Å²) < 4.78 is 5.81. The van der Waals surface area contributed by atoms with Gasteiger partial charge >= 0.3 is 0 Å². The molecule has 1 saturated heterocycles. The summed E-state index contributed by atoms with van der Waals surface area (Å²) in [4.78, 5) is 13.5. The average molecular weight is 264 g/mol. The Labute approximate surface area is 115 Å². The number of nitrogens with zero attached hydrogens (tertiary/aromatic N) is 1. The van der Waals surface area contributed by atoms with E-state index in [-0.39, 0.29) is 11.9 Å². The highest BCUT2D eigenvalue weighted by molar-refractivity contribution is 5.73. The first-order chi connectivity index (χ1) is 9.17. The highest BCUT2D eigenvalue weighted by atomic mass is 16.3. The highest BCUT2D eigenvalue weighted by Crippen LogP contribution is 2.16. The minimum Gasteiger partial charge on any atom is -0.465 e. The number of likely N-dealkylation sites (tertiary alicyclic amines) is 1. The lowest BCUT2D eigenvalue weighted by atomic mass is 10.1. The molecule has 106 valence electrons. The molecular weight excluding hydrogens is 240 g/mol. The van der Waals surface area contributed by atoms with Crippen LogP contribution >= 0.6 is 0 Å².